The molecule has 0 aromatic heterocycles. The Morgan fingerprint density at radius 1 is 0.969 bits per heavy atom. The average Bonchev–Trinajstić information content (AvgIpc) is 2.79. The molecule has 0 radical (unpaired) electrons. The zero-order chi connectivity index (χ0) is 22.9. The molecular formula is C24H36N4O4. The van der Waals surface area contributed by atoms with Crippen LogP contribution in [0.15, 0.2) is 24.3 Å². The van der Waals surface area contributed by atoms with Gasteiger partial charge in [-0.05, 0) is 43.4 Å². The van der Waals surface area contributed by atoms with E-state index in [9.17, 15) is 14.4 Å². The van der Waals surface area contributed by atoms with Crippen molar-refractivity contribution in [3.05, 3.63) is 29.8 Å². The number of piperidine rings is 1. The summed E-state index contributed by atoms with van der Waals surface area (Å²) < 4.78 is 5.19. The zero-order valence-electron chi connectivity index (χ0n) is 19.2. The van der Waals surface area contributed by atoms with Crippen LogP contribution < -0.4 is 20.7 Å². The van der Waals surface area contributed by atoms with Crippen LogP contribution in [0.4, 0.5) is 4.79 Å². The molecule has 8 heteroatoms. The second-order valence-electron chi connectivity index (χ2n) is 8.84. The topological polar surface area (TPSA) is 99.8 Å². The van der Waals surface area contributed by atoms with Gasteiger partial charge in [-0.15, -0.1) is 0 Å². The number of carbonyl (C=O) groups excluding carboxylic acids is 3. The van der Waals surface area contributed by atoms with E-state index >= 15 is 0 Å². The summed E-state index contributed by atoms with van der Waals surface area (Å²) in [6.45, 7) is 2.65. The predicted molar refractivity (Wildman–Crippen MR) is 122 cm³/mol. The minimum atomic E-state index is -0.386. The lowest BCUT2D eigenvalue weighted by Gasteiger charge is -2.34. The highest BCUT2D eigenvalue weighted by atomic mass is 16.5. The quantitative estimate of drug-likeness (QED) is 0.602. The number of hydrogen-bond donors (Lipinski definition) is 3. The lowest BCUT2D eigenvalue weighted by Crippen LogP contribution is -2.51. The minimum absolute atomic E-state index is 0.00433. The van der Waals surface area contributed by atoms with Crippen LogP contribution in [0, 0.1) is 0 Å². The van der Waals surface area contributed by atoms with E-state index in [1.807, 2.05) is 29.2 Å². The van der Waals surface area contributed by atoms with E-state index in [0.29, 0.717) is 13.1 Å². The lowest BCUT2D eigenvalue weighted by atomic mass is 9.96. The molecule has 32 heavy (non-hydrogen) atoms. The third-order valence-electron chi connectivity index (χ3n) is 6.40. The number of nitrogens with one attached hydrogen (secondary N) is 3. The summed E-state index contributed by atoms with van der Waals surface area (Å²) in [5.74, 6) is 0.555. The molecule has 1 saturated heterocycles. The van der Waals surface area contributed by atoms with E-state index in [1.165, 1.54) is 26.2 Å². The summed E-state index contributed by atoms with van der Waals surface area (Å²) in [6.07, 6.45) is 7.41. The van der Waals surface area contributed by atoms with Gasteiger partial charge in [0.15, 0.2) is 0 Å². The van der Waals surface area contributed by atoms with Crippen LogP contribution in [0.5, 0.6) is 5.75 Å². The smallest absolute Gasteiger partial charge is 0.315 e. The summed E-state index contributed by atoms with van der Waals surface area (Å²) >= 11 is 0. The molecule has 3 N–H and O–H groups in total. The largest absolute Gasteiger partial charge is 0.497 e. The van der Waals surface area contributed by atoms with Gasteiger partial charge in [0.2, 0.25) is 11.8 Å². The molecule has 0 bridgehead atoms. The van der Waals surface area contributed by atoms with Crippen LogP contribution in [0.3, 0.4) is 0 Å². The monoisotopic (exact) mass is 444 g/mol. The summed E-state index contributed by atoms with van der Waals surface area (Å²) in [5.41, 5.74) is 0.866. The Hall–Kier alpha value is -2.77. The normalized spacial score (nSPS) is 18.5. The van der Waals surface area contributed by atoms with Crippen LogP contribution in [-0.4, -0.2) is 55.0 Å². The molecule has 0 spiro atoms. The molecule has 1 aliphatic heterocycles. The third-order valence-corrected chi connectivity index (χ3v) is 6.40. The first-order chi connectivity index (χ1) is 15.4. The van der Waals surface area contributed by atoms with Crippen molar-refractivity contribution in [2.24, 2.45) is 0 Å². The Morgan fingerprint density at radius 3 is 2.12 bits per heavy atom. The van der Waals surface area contributed by atoms with Gasteiger partial charge >= 0.3 is 6.03 Å². The van der Waals surface area contributed by atoms with Gasteiger partial charge in [-0.25, -0.2) is 4.79 Å². The first-order valence-electron chi connectivity index (χ1n) is 11.7. The highest BCUT2D eigenvalue weighted by molar-refractivity contribution is 5.79. The maximum atomic E-state index is 12.9. The van der Waals surface area contributed by atoms with Crippen molar-refractivity contribution in [3.8, 4) is 5.75 Å². The number of methoxy groups -OCH3 is 1. The second-order valence-corrected chi connectivity index (χ2v) is 8.84. The summed E-state index contributed by atoms with van der Waals surface area (Å²) in [4.78, 5) is 38.7. The Bertz CT molecular complexity index is 769. The number of nitrogens with zero attached hydrogens (tertiary/aromatic N) is 1. The number of urea groups is 1. The fourth-order valence-corrected chi connectivity index (χ4v) is 4.57. The molecule has 8 nitrogen and oxygen atoms in total. The molecule has 3 rings (SSSR count). The maximum Gasteiger partial charge on any atom is 0.315 e. The molecule has 1 aromatic carbocycles. The van der Waals surface area contributed by atoms with E-state index < -0.39 is 0 Å². The van der Waals surface area contributed by atoms with Gasteiger partial charge in [0.25, 0.3) is 0 Å². The first-order valence-corrected chi connectivity index (χ1v) is 11.7. The van der Waals surface area contributed by atoms with E-state index in [2.05, 4.69) is 16.0 Å². The molecule has 4 amide bonds. The summed E-state index contributed by atoms with van der Waals surface area (Å²) in [6, 6.07) is 7.27. The van der Waals surface area contributed by atoms with Crippen LogP contribution >= 0.6 is 0 Å². The number of rotatable bonds is 7. The molecule has 2 fully saturated rings. The Labute approximate surface area is 190 Å². The van der Waals surface area contributed by atoms with Gasteiger partial charge < -0.3 is 25.6 Å². The Kier molecular flexibility index (Phi) is 8.76. The molecule has 176 valence electrons. The van der Waals surface area contributed by atoms with Crippen molar-refractivity contribution in [3.63, 3.8) is 0 Å². The maximum absolute atomic E-state index is 12.9. The van der Waals surface area contributed by atoms with Crippen LogP contribution in [0.2, 0.25) is 0 Å². The first kappa shape index (κ1) is 23.9. The second kappa shape index (κ2) is 11.7. The van der Waals surface area contributed by atoms with E-state index in [1.54, 1.807) is 7.11 Å². The molecule has 1 unspecified atom stereocenters. The molecule has 1 heterocycles. The molecule has 1 aliphatic carbocycles. The van der Waals surface area contributed by atoms with Gasteiger partial charge in [0, 0.05) is 32.1 Å². The molecule has 1 aromatic rings. The van der Waals surface area contributed by atoms with Crippen LogP contribution in [0.25, 0.3) is 0 Å². The van der Waals surface area contributed by atoms with Gasteiger partial charge in [-0.3, -0.25) is 9.59 Å². The van der Waals surface area contributed by atoms with Crippen molar-refractivity contribution in [2.45, 2.75) is 76.4 Å². The number of carbonyl (C=O) groups is 3. The summed E-state index contributed by atoms with van der Waals surface area (Å²) in [7, 11) is 1.60. The van der Waals surface area contributed by atoms with Crippen molar-refractivity contribution in [1.29, 1.82) is 0 Å². The number of amides is 4. The molecule has 2 aliphatic rings. The fraction of sp³-hybridized carbons (Fsp3) is 0.625. The van der Waals surface area contributed by atoms with Crippen LogP contribution in [0.1, 0.15) is 69.9 Å². The predicted octanol–water partition coefficient (Wildman–Crippen LogP) is 2.89. The van der Waals surface area contributed by atoms with Crippen molar-refractivity contribution in [2.75, 3.05) is 20.2 Å². The van der Waals surface area contributed by atoms with E-state index in [0.717, 1.165) is 37.0 Å². The minimum Gasteiger partial charge on any atom is -0.497 e. The van der Waals surface area contributed by atoms with Crippen molar-refractivity contribution in [1.82, 2.24) is 20.9 Å². The number of likely N-dealkylation sites (tertiary alicyclic amines) is 1. The van der Waals surface area contributed by atoms with Gasteiger partial charge in [-0.2, -0.15) is 0 Å². The lowest BCUT2D eigenvalue weighted by molar-refractivity contribution is -0.133. The highest BCUT2D eigenvalue weighted by Gasteiger charge is 2.27. The average molecular weight is 445 g/mol. The third kappa shape index (κ3) is 7.14. The SMILES string of the molecule is COc1ccc(C(CC(=O)N2CCC(NC(=O)NC3CCCCC3)CC2)NC(C)=O)cc1. The van der Waals surface area contributed by atoms with E-state index in [4.69, 9.17) is 4.74 Å². The number of benzene rings is 1. The Morgan fingerprint density at radius 2 is 1.56 bits per heavy atom. The standard InChI is InChI=1S/C24H36N4O4/c1-17(29)25-22(18-8-10-21(32-2)11-9-18)16-23(30)28-14-12-20(13-15-28)27-24(31)26-19-6-4-3-5-7-19/h8-11,19-20,22H,3-7,12-16H2,1-2H3,(H,25,29)(H2,26,27,31). The number of hydrogen-bond acceptors (Lipinski definition) is 4. The highest BCUT2D eigenvalue weighted by Crippen LogP contribution is 2.23. The molecule has 1 atom stereocenters. The fourth-order valence-electron chi connectivity index (χ4n) is 4.57. The molecule has 1 saturated carbocycles. The van der Waals surface area contributed by atoms with Gasteiger partial charge in [0.1, 0.15) is 5.75 Å². The van der Waals surface area contributed by atoms with E-state index in [-0.39, 0.29) is 42.4 Å². The van der Waals surface area contributed by atoms with Gasteiger partial charge in [0.05, 0.1) is 19.6 Å². The van der Waals surface area contributed by atoms with Crippen LogP contribution in [-0.2, 0) is 9.59 Å². The zero-order valence-corrected chi connectivity index (χ0v) is 19.2. The summed E-state index contributed by atoms with van der Waals surface area (Å²) in [5, 5.41) is 9.05. The van der Waals surface area contributed by atoms with Gasteiger partial charge in [-0.1, -0.05) is 31.4 Å². The Balaban J connectivity index is 1.47. The molecular weight excluding hydrogens is 408 g/mol. The number of ether oxygens (including phenoxy) is 1. The van der Waals surface area contributed by atoms with Crippen molar-refractivity contribution >= 4 is 17.8 Å². The van der Waals surface area contributed by atoms with Crippen molar-refractivity contribution < 1.29 is 19.1 Å².